The zero-order valence-electron chi connectivity index (χ0n) is 11.8. The zero-order chi connectivity index (χ0) is 12.4. The molecule has 1 rings (SSSR count). The lowest BCUT2D eigenvalue weighted by Gasteiger charge is -2.34. The van der Waals surface area contributed by atoms with E-state index in [0.717, 1.165) is 0 Å². The van der Waals surface area contributed by atoms with Crippen molar-refractivity contribution < 1.29 is 0 Å². The van der Waals surface area contributed by atoms with Crippen LogP contribution in [0.1, 0.15) is 53.9 Å². The molecule has 0 aromatic heterocycles. The van der Waals surface area contributed by atoms with Crippen LogP contribution in [-0.4, -0.2) is 17.5 Å². The second-order valence-electron chi connectivity index (χ2n) is 5.37. The van der Waals surface area contributed by atoms with E-state index in [1.807, 2.05) is 0 Å². The van der Waals surface area contributed by atoms with Gasteiger partial charge in [-0.05, 0) is 44.6 Å². The molecule has 1 heteroatoms. The van der Waals surface area contributed by atoms with Crippen LogP contribution in [0.5, 0.6) is 0 Å². The second-order valence-corrected chi connectivity index (χ2v) is 5.37. The first-order valence-corrected chi connectivity index (χ1v) is 6.51. The molecule has 1 saturated carbocycles. The molecule has 0 aromatic rings. The molecule has 0 amide bonds. The third kappa shape index (κ3) is 1.92. The van der Waals surface area contributed by atoms with Crippen molar-refractivity contribution in [3.63, 3.8) is 0 Å². The number of rotatable bonds is 5. The molecule has 1 aliphatic carbocycles. The lowest BCUT2D eigenvalue weighted by molar-refractivity contribution is 0.211. The average molecular weight is 221 g/mol. The molecule has 0 spiro atoms. The topological polar surface area (TPSA) is 3.24 Å². The summed E-state index contributed by atoms with van der Waals surface area (Å²) >= 11 is 0. The van der Waals surface area contributed by atoms with Gasteiger partial charge in [0.25, 0.3) is 0 Å². The third-order valence-corrected chi connectivity index (χ3v) is 4.75. The Hall–Kier alpha value is -0.720. The van der Waals surface area contributed by atoms with Crippen LogP contribution >= 0.6 is 0 Å². The van der Waals surface area contributed by atoms with Crippen molar-refractivity contribution in [3.8, 4) is 0 Å². The fourth-order valence-corrected chi connectivity index (χ4v) is 3.05. The van der Waals surface area contributed by atoms with Crippen LogP contribution in [0.2, 0.25) is 0 Å². The summed E-state index contributed by atoms with van der Waals surface area (Å²) in [6.07, 6.45) is 10.3. The minimum atomic E-state index is 0.407. The maximum absolute atomic E-state index is 2.50. The van der Waals surface area contributed by atoms with E-state index in [-0.39, 0.29) is 0 Å². The van der Waals surface area contributed by atoms with Crippen molar-refractivity contribution >= 4 is 0 Å². The highest BCUT2D eigenvalue weighted by Crippen LogP contribution is 2.63. The highest BCUT2D eigenvalue weighted by atomic mass is 15.2. The first-order valence-electron chi connectivity index (χ1n) is 6.51. The van der Waals surface area contributed by atoms with Gasteiger partial charge in [-0.1, -0.05) is 32.9 Å². The Labute approximate surface area is 101 Å². The lowest BCUT2D eigenvalue weighted by atomic mass is 9.95. The Morgan fingerprint density at radius 2 is 1.94 bits per heavy atom. The monoisotopic (exact) mass is 221 g/mol. The van der Waals surface area contributed by atoms with Crippen molar-refractivity contribution in [1.29, 1.82) is 0 Å². The molecule has 0 aromatic carbocycles. The van der Waals surface area contributed by atoms with Gasteiger partial charge in [0, 0.05) is 18.3 Å². The summed E-state index contributed by atoms with van der Waals surface area (Å²) < 4.78 is 0. The van der Waals surface area contributed by atoms with Crippen LogP contribution in [0.15, 0.2) is 23.9 Å². The van der Waals surface area contributed by atoms with Crippen LogP contribution in [0.3, 0.4) is 0 Å². The first kappa shape index (κ1) is 13.3. The van der Waals surface area contributed by atoms with Gasteiger partial charge in [0.05, 0.1) is 0 Å². The van der Waals surface area contributed by atoms with Gasteiger partial charge in [0.1, 0.15) is 0 Å². The molecule has 0 saturated heterocycles. The summed E-state index contributed by atoms with van der Waals surface area (Å²) in [6, 6.07) is 0. The fourth-order valence-electron chi connectivity index (χ4n) is 3.05. The molecule has 0 aliphatic heterocycles. The van der Waals surface area contributed by atoms with Crippen molar-refractivity contribution in [2.75, 3.05) is 7.05 Å². The first-order chi connectivity index (χ1) is 7.47. The molecule has 0 bridgehead atoms. The molecule has 0 N–H and O–H groups in total. The van der Waals surface area contributed by atoms with Gasteiger partial charge < -0.3 is 4.90 Å². The molecule has 1 fully saturated rings. The van der Waals surface area contributed by atoms with E-state index in [9.17, 15) is 0 Å². The number of allylic oxidation sites excluding steroid dienone is 4. The smallest absolute Gasteiger partial charge is 0.0453 e. The predicted molar refractivity (Wildman–Crippen MR) is 72.4 cm³/mol. The molecule has 1 aliphatic rings. The van der Waals surface area contributed by atoms with Crippen molar-refractivity contribution in [2.24, 2.45) is 5.41 Å². The largest absolute Gasteiger partial charge is 0.372 e. The van der Waals surface area contributed by atoms with E-state index in [1.54, 1.807) is 0 Å². The molecular weight excluding hydrogens is 194 g/mol. The van der Waals surface area contributed by atoms with Crippen LogP contribution < -0.4 is 0 Å². The highest BCUT2D eigenvalue weighted by Gasteiger charge is 2.64. The van der Waals surface area contributed by atoms with E-state index >= 15 is 0 Å². The van der Waals surface area contributed by atoms with Gasteiger partial charge in [0.15, 0.2) is 0 Å². The van der Waals surface area contributed by atoms with Crippen LogP contribution in [-0.2, 0) is 0 Å². The molecule has 2 unspecified atom stereocenters. The van der Waals surface area contributed by atoms with Gasteiger partial charge in [-0.2, -0.15) is 0 Å². The Balaban J connectivity index is 2.85. The van der Waals surface area contributed by atoms with E-state index < -0.39 is 0 Å². The summed E-state index contributed by atoms with van der Waals surface area (Å²) in [6.45, 7) is 11.3. The van der Waals surface area contributed by atoms with Crippen molar-refractivity contribution in [1.82, 2.24) is 4.90 Å². The minimum Gasteiger partial charge on any atom is -0.372 e. The third-order valence-electron chi connectivity index (χ3n) is 4.75. The average Bonchev–Trinajstić information content (AvgIpc) is 2.93. The van der Waals surface area contributed by atoms with Crippen molar-refractivity contribution in [2.45, 2.75) is 59.4 Å². The van der Waals surface area contributed by atoms with Gasteiger partial charge in [0.2, 0.25) is 0 Å². The van der Waals surface area contributed by atoms with Crippen LogP contribution in [0, 0.1) is 5.41 Å². The van der Waals surface area contributed by atoms with Gasteiger partial charge in [-0.3, -0.25) is 0 Å². The molecule has 1 nitrogen and oxygen atoms in total. The minimum absolute atomic E-state index is 0.407. The Bertz CT molecular complexity index is 303. The predicted octanol–water partition coefficient (Wildman–Crippen LogP) is 4.37. The summed E-state index contributed by atoms with van der Waals surface area (Å²) in [5, 5.41) is 0. The molecule has 0 radical (unpaired) electrons. The SMILES string of the molecule is C/C=C\C=C(/C)N(C)C1(CC)CC1(C)CC. The maximum atomic E-state index is 2.50. The summed E-state index contributed by atoms with van der Waals surface area (Å²) in [7, 11) is 2.25. The normalized spacial score (nSPS) is 34.5. The zero-order valence-corrected chi connectivity index (χ0v) is 11.8. The molecule has 92 valence electrons. The van der Waals surface area contributed by atoms with E-state index in [1.165, 1.54) is 25.0 Å². The van der Waals surface area contributed by atoms with E-state index in [4.69, 9.17) is 0 Å². The Morgan fingerprint density at radius 3 is 2.31 bits per heavy atom. The summed E-state index contributed by atoms with van der Waals surface area (Å²) in [5.41, 5.74) is 2.29. The second kappa shape index (κ2) is 4.65. The van der Waals surface area contributed by atoms with Gasteiger partial charge >= 0.3 is 0 Å². The summed E-state index contributed by atoms with van der Waals surface area (Å²) in [5.74, 6) is 0. The molecular formula is C15H27N. The lowest BCUT2D eigenvalue weighted by Crippen LogP contribution is -2.36. The number of hydrogen-bond donors (Lipinski definition) is 0. The standard InChI is InChI=1S/C15H27N/c1-7-10-11-13(4)16(6)15(9-3)12-14(15,5)8-2/h7,10-11H,8-9,12H2,1-6H3/b10-7-,13-11+. The van der Waals surface area contributed by atoms with E-state index in [2.05, 4.69) is 64.8 Å². The van der Waals surface area contributed by atoms with E-state index in [0.29, 0.717) is 11.0 Å². The van der Waals surface area contributed by atoms with Gasteiger partial charge in [-0.25, -0.2) is 0 Å². The quantitative estimate of drug-likeness (QED) is 0.623. The van der Waals surface area contributed by atoms with Crippen LogP contribution in [0.25, 0.3) is 0 Å². The van der Waals surface area contributed by atoms with Crippen molar-refractivity contribution in [3.05, 3.63) is 23.9 Å². The number of hydrogen-bond acceptors (Lipinski definition) is 1. The highest BCUT2D eigenvalue weighted by molar-refractivity contribution is 5.24. The molecule has 0 heterocycles. The Kier molecular flexibility index (Phi) is 3.88. The molecule has 16 heavy (non-hydrogen) atoms. The number of nitrogens with zero attached hydrogens (tertiary/aromatic N) is 1. The summed E-state index contributed by atoms with van der Waals surface area (Å²) in [4.78, 5) is 2.50. The maximum Gasteiger partial charge on any atom is 0.0453 e. The molecule has 2 atom stereocenters. The van der Waals surface area contributed by atoms with Gasteiger partial charge in [-0.15, -0.1) is 0 Å². The fraction of sp³-hybridized carbons (Fsp3) is 0.733. The Morgan fingerprint density at radius 1 is 1.31 bits per heavy atom. The van der Waals surface area contributed by atoms with Crippen LogP contribution in [0.4, 0.5) is 0 Å².